The Bertz CT molecular complexity index is 1330. The molecule has 1 aliphatic heterocycles. The summed E-state index contributed by atoms with van der Waals surface area (Å²) in [5.74, 6) is -0.177. The highest BCUT2D eigenvalue weighted by Gasteiger charge is 2.43. The number of hydrogen-bond donors (Lipinski definition) is 1. The van der Waals surface area contributed by atoms with Gasteiger partial charge in [-0.1, -0.05) is 61.2 Å². The van der Waals surface area contributed by atoms with Gasteiger partial charge < -0.3 is 20.0 Å². The largest absolute Gasteiger partial charge is 0.344 e. The molecule has 1 saturated heterocycles. The molecule has 2 aromatic carbocycles. The molecular formula is C32H39ClN4O3S. The van der Waals surface area contributed by atoms with Gasteiger partial charge >= 0.3 is 0 Å². The third-order valence-electron chi connectivity index (χ3n) is 8.18. The van der Waals surface area contributed by atoms with Gasteiger partial charge in [-0.25, -0.2) is 0 Å². The molecule has 1 saturated carbocycles. The summed E-state index contributed by atoms with van der Waals surface area (Å²) < 4.78 is 1.11. The van der Waals surface area contributed by atoms with Crippen LogP contribution in [-0.4, -0.2) is 84.3 Å². The van der Waals surface area contributed by atoms with E-state index in [0.29, 0.717) is 37.5 Å². The molecule has 3 amide bonds. The Morgan fingerprint density at radius 1 is 1.00 bits per heavy atom. The molecule has 0 radical (unpaired) electrons. The van der Waals surface area contributed by atoms with Crippen LogP contribution in [0.5, 0.6) is 0 Å². The van der Waals surface area contributed by atoms with Crippen LogP contribution in [0.4, 0.5) is 0 Å². The van der Waals surface area contributed by atoms with Crippen molar-refractivity contribution >= 4 is 50.7 Å². The number of thiophene rings is 1. The van der Waals surface area contributed by atoms with E-state index < -0.39 is 6.04 Å². The SMILES string of the molecule is CN(C)CCC(=O)NC(Cc1ccc(Cl)cc1)C(=O)N1CC(N(C(=O)c2cc3ccccc3s2)C2CCCCC2)C1. The van der Waals surface area contributed by atoms with Crippen molar-refractivity contribution in [1.82, 2.24) is 20.0 Å². The first kappa shape index (κ1) is 29.5. The Balaban J connectivity index is 1.30. The fourth-order valence-corrected chi connectivity index (χ4v) is 7.02. The number of benzene rings is 2. The van der Waals surface area contributed by atoms with Gasteiger partial charge in [-0.15, -0.1) is 11.3 Å². The van der Waals surface area contributed by atoms with E-state index in [4.69, 9.17) is 11.6 Å². The van der Waals surface area contributed by atoms with Crippen LogP contribution >= 0.6 is 22.9 Å². The molecule has 5 rings (SSSR count). The number of likely N-dealkylation sites (tertiary alicyclic amines) is 1. The van der Waals surface area contributed by atoms with Crippen LogP contribution in [0.15, 0.2) is 54.6 Å². The van der Waals surface area contributed by atoms with E-state index in [1.165, 1.54) is 6.42 Å². The minimum Gasteiger partial charge on any atom is -0.344 e. The second-order valence-corrected chi connectivity index (χ2v) is 13.1. The first-order valence-corrected chi connectivity index (χ1v) is 15.8. The summed E-state index contributed by atoms with van der Waals surface area (Å²) in [5.41, 5.74) is 0.932. The molecule has 1 aliphatic carbocycles. The zero-order valence-electron chi connectivity index (χ0n) is 23.9. The van der Waals surface area contributed by atoms with Gasteiger partial charge in [-0.2, -0.15) is 0 Å². The van der Waals surface area contributed by atoms with Crippen molar-refractivity contribution in [3.05, 3.63) is 70.1 Å². The van der Waals surface area contributed by atoms with Crippen LogP contribution in [0.1, 0.15) is 53.8 Å². The first-order chi connectivity index (χ1) is 19.8. The summed E-state index contributed by atoms with van der Waals surface area (Å²) in [7, 11) is 3.84. The summed E-state index contributed by atoms with van der Waals surface area (Å²) in [6, 6.07) is 17.0. The fourth-order valence-electron chi connectivity index (χ4n) is 5.88. The molecule has 1 N–H and O–H groups in total. The summed E-state index contributed by atoms with van der Waals surface area (Å²) in [6.45, 7) is 1.57. The fraction of sp³-hybridized carbons (Fsp3) is 0.469. The van der Waals surface area contributed by atoms with E-state index in [1.807, 2.05) is 55.4 Å². The number of hydrogen-bond acceptors (Lipinski definition) is 5. The number of nitrogens with one attached hydrogen (secondary N) is 1. The Hall–Kier alpha value is -2.94. The van der Waals surface area contributed by atoms with Gasteiger partial charge in [-0.3, -0.25) is 14.4 Å². The zero-order valence-corrected chi connectivity index (χ0v) is 25.4. The van der Waals surface area contributed by atoms with Crippen LogP contribution < -0.4 is 5.32 Å². The Morgan fingerprint density at radius 2 is 1.71 bits per heavy atom. The van der Waals surface area contributed by atoms with Crippen molar-refractivity contribution in [3.8, 4) is 0 Å². The van der Waals surface area contributed by atoms with Crippen molar-refractivity contribution < 1.29 is 14.4 Å². The first-order valence-electron chi connectivity index (χ1n) is 14.6. The standard InChI is InChI=1S/C32H39ClN4O3S/c1-35(2)17-16-30(38)34-27(18-22-12-14-24(33)15-13-22)31(39)36-20-26(21-36)37(25-9-4-3-5-10-25)32(40)29-19-23-8-6-7-11-28(23)41-29/h6-8,11-15,19,25-27H,3-5,9-10,16-18,20-21H2,1-2H3,(H,34,38). The molecule has 2 heterocycles. The maximum Gasteiger partial charge on any atom is 0.264 e. The molecule has 41 heavy (non-hydrogen) atoms. The molecule has 0 bridgehead atoms. The number of nitrogens with zero attached hydrogens (tertiary/aromatic N) is 3. The van der Waals surface area contributed by atoms with E-state index in [0.717, 1.165) is 46.2 Å². The average molecular weight is 595 g/mol. The van der Waals surface area contributed by atoms with Crippen molar-refractivity contribution in [3.63, 3.8) is 0 Å². The second-order valence-electron chi connectivity index (χ2n) is 11.6. The van der Waals surface area contributed by atoms with Crippen LogP contribution in [0.2, 0.25) is 5.02 Å². The van der Waals surface area contributed by atoms with E-state index in [-0.39, 0.29) is 29.8 Å². The lowest BCUT2D eigenvalue weighted by Gasteiger charge is -2.49. The highest BCUT2D eigenvalue weighted by molar-refractivity contribution is 7.20. The van der Waals surface area contributed by atoms with E-state index >= 15 is 0 Å². The minimum atomic E-state index is -0.673. The Kier molecular flexibility index (Phi) is 9.63. The molecule has 0 spiro atoms. The lowest BCUT2D eigenvalue weighted by Crippen LogP contribution is -2.67. The topological polar surface area (TPSA) is 73.0 Å². The molecule has 3 aromatic rings. The maximum absolute atomic E-state index is 14.0. The number of fused-ring (bicyclic) bond motifs is 1. The molecule has 7 nitrogen and oxygen atoms in total. The predicted molar refractivity (Wildman–Crippen MR) is 165 cm³/mol. The molecule has 1 unspecified atom stereocenters. The van der Waals surface area contributed by atoms with Crippen LogP contribution in [0, 0.1) is 0 Å². The van der Waals surface area contributed by atoms with Gasteiger partial charge in [0.1, 0.15) is 6.04 Å². The summed E-state index contributed by atoms with van der Waals surface area (Å²) in [5, 5.41) is 4.70. The average Bonchev–Trinajstić information content (AvgIpc) is 3.39. The second kappa shape index (κ2) is 13.4. The predicted octanol–water partition coefficient (Wildman–Crippen LogP) is 5.22. The van der Waals surface area contributed by atoms with Gasteiger partial charge in [0.2, 0.25) is 11.8 Å². The molecule has 218 valence electrons. The number of rotatable bonds is 10. The third-order valence-corrected chi connectivity index (χ3v) is 9.53. The Labute approximate surface area is 251 Å². The minimum absolute atomic E-state index is 0.0274. The monoisotopic (exact) mass is 594 g/mol. The summed E-state index contributed by atoms with van der Waals surface area (Å²) in [6.07, 6.45) is 6.16. The zero-order chi connectivity index (χ0) is 28.9. The van der Waals surface area contributed by atoms with Crippen LogP contribution in [0.25, 0.3) is 10.1 Å². The smallest absolute Gasteiger partial charge is 0.264 e. The highest BCUT2D eigenvalue weighted by atomic mass is 35.5. The normalized spacial score (nSPS) is 16.9. The summed E-state index contributed by atoms with van der Waals surface area (Å²) in [4.78, 5) is 47.0. The van der Waals surface area contributed by atoms with Crippen molar-refractivity contribution in [2.45, 2.75) is 63.1 Å². The highest BCUT2D eigenvalue weighted by Crippen LogP contribution is 2.33. The van der Waals surface area contributed by atoms with E-state index in [9.17, 15) is 14.4 Å². The van der Waals surface area contributed by atoms with Gasteiger partial charge in [0, 0.05) is 48.2 Å². The third kappa shape index (κ3) is 7.29. The van der Waals surface area contributed by atoms with Gasteiger partial charge in [0.15, 0.2) is 0 Å². The van der Waals surface area contributed by atoms with Crippen LogP contribution in [0.3, 0.4) is 0 Å². The van der Waals surface area contributed by atoms with Gasteiger partial charge in [-0.05, 0) is 62.2 Å². The molecule has 1 atom stereocenters. The maximum atomic E-state index is 14.0. The summed E-state index contributed by atoms with van der Waals surface area (Å²) >= 11 is 7.61. The number of carbonyl (C=O) groups is 3. The van der Waals surface area contributed by atoms with Crippen LogP contribution in [-0.2, 0) is 16.0 Å². The lowest BCUT2D eigenvalue weighted by atomic mass is 9.91. The number of amides is 3. The number of carbonyl (C=O) groups excluding carboxylic acids is 3. The molecule has 2 aliphatic rings. The van der Waals surface area contributed by atoms with E-state index in [1.54, 1.807) is 28.4 Å². The quantitative estimate of drug-likeness (QED) is 0.349. The molecule has 9 heteroatoms. The van der Waals surface area contributed by atoms with Crippen molar-refractivity contribution in [1.29, 1.82) is 0 Å². The van der Waals surface area contributed by atoms with Gasteiger partial charge in [0.05, 0.1) is 10.9 Å². The van der Waals surface area contributed by atoms with E-state index in [2.05, 4.69) is 16.3 Å². The van der Waals surface area contributed by atoms with Crippen molar-refractivity contribution in [2.24, 2.45) is 0 Å². The van der Waals surface area contributed by atoms with Gasteiger partial charge in [0.25, 0.3) is 5.91 Å². The number of halogens is 1. The lowest BCUT2D eigenvalue weighted by molar-refractivity contribution is -0.143. The molecule has 2 fully saturated rings. The van der Waals surface area contributed by atoms with Crippen molar-refractivity contribution in [2.75, 3.05) is 33.7 Å². The molecular weight excluding hydrogens is 556 g/mol. The molecule has 1 aromatic heterocycles. The Morgan fingerprint density at radius 3 is 2.39 bits per heavy atom.